The van der Waals surface area contributed by atoms with Crippen LogP contribution in [0.2, 0.25) is 0 Å². The van der Waals surface area contributed by atoms with Crippen molar-refractivity contribution in [1.29, 1.82) is 0 Å². The Kier molecular flexibility index (Phi) is 6.11. The van der Waals surface area contributed by atoms with E-state index in [1.54, 1.807) is 19.1 Å². The average Bonchev–Trinajstić information content (AvgIpc) is 2.60. The minimum Gasteiger partial charge on any atom is -0.482 e. The van der Waals surface area contributed by atoms with Crippen molar-refractivity contribution in [3.63, 3.8) is 0 Å². The average molecular weight is 343 g/mol. The van der Waals surface area contributed by atoms with E-state index in [2.05, 4.69) is 0 Å². The number of hydrogen-bond acceptors (Lipinski definition) is 5. The molecule has 2 rings (SSSR count). The standard InChI is InChI=1S/C19H21NO5/c1-13(2)17-9-4-5-10-18(17)24-12-19(21)25-14(3)15-7-6-8-16(11-15)20(22)23/h4-11,13-14H,12H2,1-3H3/t14-/m1/s1. The van der Waals surface area contributed by atoms with Crippen LogP contribution in [0.4, 0.5) is 5.69 Å². The van der Waals surface area contributed by atoms with E-state index in [0.717, 1.165) is 5.56 Å². The highest BCUT2D eigenvalue weighted by Crippen LogP contribution is 2.26. The number of hydrogen-bond donors (Lipinski definition) is 0. The van der Waals surface area contributed by atoms with Gasteiger partial charge in [-0.15, -0.1) is 0 Å². The van der Waals surface area contributed by atoms with Crippen LogP contribution in [-0.4, -0.2) is 17.5 Å². The molecule has 0 radical (unpaired) electrons. The molecule has 6 heteroatoms. The Morgan fingerprint density at radius 3 is 2.52 bits per heavy atom. The third-order valence-corrected chi connectivity index (χ3v) is 3.75. The second-order valence-electron chi connectivity index (χ2n) is 5.97. The molecule has 0 unspecified atom stereocenters. The molecule has 0 bridgehead atoms. The highest BCUT2D eigenvalue weighted by Gasteiger charge is 2.16. The van der Waals surface area contributed by atoms with Gasteiger partial charge in [0, 0.05) is 12.1 Å². The molecule has 0 saturated heterocycles. The molecular formula is C19H21NO5. The largest absolute Gasteiger partial charge is 0.482 e. The minimum atomic E-state index is -0.601. The number of benzene rings is 2. The summed E-state index contributed by atoms with van der Waals surface area (Å²) in [4.78, 5) is 22.4. The van der Waals surface area contributed by atoms with Gasteiger partial charge in [-0.05, 0) is 30.0 Å². The van der Waals surface area contributed by atoms with E-state index in [-0.39, 0.29) is 18.2 Å². The van der Waals surface area contributed by atoms with Crippen molar-refractivity contribution in [3.05, 3.63) is 69.8 Å². The first-order valence-electron chi connectivity index (χ1n) is 8.04. The van der Waals surface area contributed by atoms with Crippen molar-refractivity contribution in [1.82, 2.24) is 0 Å². The summed E-state index contributed by atoms with van der Waals surface area (Å²) in [6, 6.07) is 13.6. The fourth-order valence-corrected chi connectivity index (χ4v) is 2.42. The zero-order valence-corrected chi connectivity index (χ0v) is 14.5. The van der Waals surface area contributed by atoms with Crippen LogP contribution < -0.4 is 4.74 Å². The molecule has 2 aromatic carbocycles. The molecule has 0 aliphatic carbocycles. The zero-order valence-electron chi connectivity index (χ0n) is 14.5. The maximum atomic E-state index is 12.0. The first-order chi connectivity index (χ1) is 11.9. The van der Waals surface area contributed by atoms with Gasteiger partial charge in [0.15, 0.2) is 6.61 Å². The van der Waals surface area contributed by atoms with Gasteiger partial charge in [-0.3, -0.25) is 10.1 Å². The van der Waals surface area contributed by atoms with Crippen LogP contribution in [0.1, 0.15) is 43.9 Å². The van der Waals surface area contributed by atoms with Crippen LogP contribution >= 0.6 is 0 Å². The summed E-state index contributed by atoms with van der Waals surface area (Å²) in [6.45, 7) is 5.54. The van der Waals surface area contributed by atoms with Crippen LogP contribution in [-0.2, 0) is 9.53 Å². The normalized spacial score (nSPS) is 11.8. The van der Waals surface area contributed by atoms with Gasteiger partial charge in [0.1, 0.15) is 11.9 Å². The van der Waals surface area contributed by atoms with Crippen molar-refractivity contribution in [2.24, 2.45) is 0 Å². The second-order valence-corrected chi connectivity index (χ2v) is 5.97. The molecule has 0 aliphatic rings. The van der Waals surface area contributed by atoms with Crippen LogP contribution in [0.5, 0.6) is 5.75 Å². The molecule has 0 heterocycles. The third-order valence-electron chi connectivity index (χ3n) is 3.75. The summed E-state index contributed by atoms with van der Waals surface area (Å²) >= 11 is 0. The van der Waals surface area contributed by atoms with Crippen LogP contribution in [0.25, 0.3) is 0 Å². The lowest BCUT2D eigenvalue weighted by molar-refractivity contribution is -0.385. The summed E-state index contributed by atoms with van der Waals surface area (Å²) in [5.74, 6) is 0.394. The lowest BCUT2D eigenvalue weighted by Crippen LogP contribution is -2.17. The lowest BCUT2D eigenvalue weighted by atomic mass is 10.0. The molecule has 132 valence electrons. The summed E-state index contributed by atoms with van der Waals surface area (Å²) < 4.78 is 10.9. The maximum absolute atomic E-state index is 12.0. The van der Waals surface area contributed by atoms with Gasteiger partial charge in [0.2, 0.25) is 0 Å². The Morgan fingerprint density at radius 2 is 1.84 bits per heavy atom. The molecule has 2 aromatic rings. The number of non-ortho nitro benzene ring substituents is 1. The highest BCUT2D eigenvalue weighted by molar-refractivity contribution is 5.71. The van der Waals surface area contributed by atoms with Crippen molar-refractivity contribution in [3.8, 4) is 5.75 Å². The fraction of sp³-hybridized carbons (Fsp3) is 0.316. The predicted octanol–water partition coefficient (Wildman–Crippen LogP) is 4.40. The predicted molar refractivity (Wildman–Crippen MR) is 93.6 cm³/mol. The van der Waals surface area contributed by atoms with Gasteiger partial charge < -0.3 is 9.47 Å². The number of rotatable bonds is 7. The van der Waals surface area contributed by atoms with E-state index in [0.29, 0.717) is 11.3 Å². The Bertz CT molecular complexity index is 757. The number of nitrogens with zero attached hydrogens (tertiary/aromatic N) is 1. The first-order valence-corrected chi connectivity index (χ1v) is 8.04. The Balaban J connectivity index is 1.96. The molecule has 25 heavy (non-hydrogen) atoms. The van der Waals surface area contributed by atoms with E-state index >= 15 is 0 Å². The molecule has 0 saturated carbocycles. The number of nitro groups is 1. The van der Waals surface area contributed by atoms with E-state index in [9.17, 15) is 14.9 Å². The Hall–Kier alpha value is -2.89. The van der Waals surface area contributed by atoms with Gasteiger partial charge >= 0.3 is 5.97 Å². The van der Waals surface area contributed by atoms with Gasteiger partial charge in [-0.25, -0.2) is 4.79 Å². The summed E-state index contributed by atoms with van der Waals surface area (Å²) in [6.07, 6.45) is -0.601. The molecule has 6 nitrogen and oxygen atoms in total. The minimum absolute atomic E-state index is 0.0393. The molecule has 0 fully saturated rings. The molecular weight excluding hydrogens is 322 g/mol. The van der Waals surface area contributed by atoms with E-state index in [1.165, 1.54) is 12.1 Å². The fourth-order valence-electron chi connectivity index (χ4n) is 2.42. The monoisotopic (exact) mass is 343 g/mol. The van der Waals surface area contributed by atoms with Crippen LogP contribution in [0, 0.1) is 10.1 Å². The quantitative estimate of drug-likeness (QED) is 0.423. The van der Waals surface area contributed by atoms with Gasteiger partial charge in [-0.1, -0.05) is 44.2 Å². The number of nitro benzene ring substituents is 1. The smallest absolute Gasteiger partial charge is 0.344 e. The van der Waals surface area contributed by atoms with E-state index < -0.39 is 17.0 Å². The zero-order chi connectivity index (χ0) is 18.4. The summed E-state index contributed by atoms with van der Waals surface area (Å²) in [7, 11) is 0. The summed E-state index contributed by atoms with van der Waals surface area (Å²) in [5.41, 5.74) is 1.54. The first kappa shape index (κ1) is 18.4. The number of carbonyl (C=O) groups excluding carboxylic acids is 1. The van der Waals surface area contributed by atoms with Crippen molar-refractivity contribution < 1.29 is 19.2 Å². The third kappa shape index (κ3) is 5.04. The van der Waals surface area contributed by atoms with Crippen molar-refractivity contribution in [2.45, 2.75) is 32.8 Å². The van der Waals surface area contributed by atoms with E-state index in [1.807, 2.05) is 38.1 Å². The number of ether oxygens (including phenoxy) is 2. The molecule has 1 atom stereocenters. The SMILES string of the molecule is CC(C)c1ccccc1OCC(=O)O[C@H](C)c1cccc([N+](=O)[O-])c1. The molecule has 0 amide bonds. The van der Waals surface area contributed by atoms with E-state index in [4.69, 9.17) is 9.47 Å². The molecule has 0 spiro atoms. The maximum Gasteiger partial charge on any atom is 0.344 e. The number of para-hydroxylation sites is 1. The van der Waals surface area contributed by atoms with Crippen LogP contribution in [0.15, 0.2) is 48.5 Å². The summed E-state index contributed by atoms with van der Waals surface area (Å²) in [5, 5.41) is 10.8. The second kappa shape index (κ2) is 8.28. The van der Waals surface area contributed by atoms with Crippen molar-refractivity contribution >= 4 is 11.7 Å². The van der Waals surface area contributed by atoms with Crippen molar-refractivity contribution in [2.75, 3.05) is 6.61 Å². The number of carbonyl (C=O) groups is 1. The lowest BCUT2D eigenvalue weighted by Gasteiger charge is -2.16. The van der Waals surface area contributed by atoms with Crippen LogP contribution in [0.3, 0.4) is 0 Å². The van der Waals surface area contributed by atoms with Gasteiger partial charge in [0.05, 0.1) is 4.92 Å². The number of esters is 1. The van der Waals surface area contributed by atoms with Gasteiger partial charge in [0.25, 0.3) is 5.69 Å². The highest BCUT2D eigenvalue weighted by atomic mass is 16.6. The Labute approximate surface area is 146 Å². The molecule has 0 aromatic heterocycles. The molecule has 0 aliphatic heterocycles. The Morgan fingerprint density at radius 1 is 1.12 bits per heavy atom. The van der Waals surface area contributed by atoms with Gasteiger partial charge in [-0.2, -0.15) is 0 Å². The molecule has 0 N–H and O–H groups in total. The topological polar surface area (TPSA) is 78.7 Å².